The van der Waals surface area contributed by atoms with Gasteiger partial charge in [0.05, 0.1) is 12.0 Å². The van der Waals surface area contributed by atoms with Crippen molar-refractivity contribution in [3.63, 3.8) is 0 Å². The van der Waals surface area contributed by atoms with Crippen molar-refractivity contribution in [2.75, 3.05) is 25.5 Å². The fourth-order valence-electron chi connectivity index (χ4n) is 3.41. The van der Waals surface area contributed by atoms with Gasteiger partial charge in [-0.2, -0.15) is 4.31 Å². The van der Waals surface area contributed by atoms with Gasteiger partial charge in [-0.05, 0) is 49.2 Å². The molecule has 0 unspecified atom stereocenters. The smallest absolute Gasteiger partial charge is 0.256 e. The number of carbonyl (C=O) groups excluding carboxylic acids is 1. The molecule has 1 saturated heterocycles. The second-order valence-electron chi connectivity index (χ2n) is 7.23. The van der Waals surface area contributed by atoms with Crippen LogP contribution in [0.4, 0.5) is 5.82 Å². The molecule has 1 aliphatic heterocycles. The Morgan fingerprint density at radius 3 is 2.50 bits per heavy atom. The van der Waals surface area contributed by atoms with E-state index in [1.54, 1.807) is 24.4 Å². The van der Waals surface area contributed by atoms with Gasteiger partial charge in [0.15, 0.2) is 11.6 Å². The average Bonchev–Trinajstić information content (AvgIpc) is 3.37. The number of nitrogens with zero attached hydrogens (tertiary/aromatic N) is 2. The van der Waals surface area contributed by atoms with E-state index >= 15 is 0 Å². The summed E-state index contributed by atoms with van der Waals surface area (Å²) in [5.74, 6) is 0.223. The van der Waals surface area contributed by atoms with Crippen LogP contribution in [0.2, 0.25) is 0 Å². The Labute approximate surface area is 191 Å². The highest BCUT2D eigenvalue weighted by Gasteiger charge is 2.27. The quantitative estimate of drug-likeness (QED) is 0.556. The molecule has 2 heterocycles. The molecule has 0 atom stereocenters. The molecule has 32 heavy (non-hydrogen) atoms. The number of carbonyl (C=O) groups is 1. The first kappa shape index (κ1) is 22.3. The van der Waals surface area contributed by atoms with Crippen LogP contribution in [0.5, 0.6) is 5.75 Å². The molecule has 0 radical (unpaired) electrons. The first-order valence-electron chi connectivity index (χ1n) is 10.2. The second kappa shape index (κ2) is 9.72. The molecule has 0 aliphatic carbocycles. The molecular weight excluding hydrogens is 446 g/mol. The molecule has 1 aromatic heterocycles. The maximum Gasteiger partial charge on any atom is 0.256 e. The number of rotatable bonds is 7. The lowest BCUT2D eigenvalue weighted by Gasteiger charge is -2.16. The van der Waals surface area contributed by atoms with Crippen molar-refractivity contribution in [1.29, 1.82) is 0 Å². The molecule has 9 heteroatoms. The van der Waals surface area contributed by atoms with E-state index < -0.39 is 15.9 Å². The molecule has 2 aromatic carbocycles. The minimum Gasteiger partial charge on any atom is -0.493 e. The highest BCUT2D eigenvalue weighted by molar-refractivity contribution is 7.99. The van der Waals surface area contributed by atoms with Crippen LogP contribution in [0.1, 0.15) is 23.2 Å². The summed E-state index contributed by atoms with van der Waals surface area (Å²) in [4.78, 5) is 19.2. The van der Waals surface area contributed by atoms with Crippen molar-refractivity contribution in [1.82, 2.24) is 9.29 Å². The van der Waals surface area contributed by atoms with Crippen LogP contribution in [0, 0.1) is 0 Å². The molecular formula is C23H23N3O4S2. The third-order valence-electron chi connectivity index (χ3n) is 5.06. The van der Waals surface area contributed by atoms with Crippen molar-refractivity contribution in [2.24, 2.45) is 0 Å². The van der Waals surface area contributed by atoms with E-state index in [1.807, 2.05) is 30.3 Å². The largest absolute Gasteiger partial charge is 0.493 e. The molecule has 0 saturated carbocycles. The van der Waals surface area contributed by atoms with Crippen LogP contribution in [0.25, 0.3) is 0 Å². The summed E-state index contributed by atoms with van der Waals surface area (Å²) in [6.45, 7) is 1.01. The molecule has 1 N–H and O–H groups in total. The van der Waals surface area contributed by atoms with Gasteiger partial charge in [0.1, 0.15) is 0 Å². The van der Waals surface area contributed by atoms with Crippen LogP contribution >= 0.6 is 11.8 Å². The van der Waals surface area contributed by atoms with Gasteiger partial charge in [-0.3, -0.25) is 4.79 Å². The Bertz CT molecular complexity index is 1210. The van der Waals surface area contributed by atoms with Crippen LogP contribution in [0.15, 0.2) is 81.5 Å². The summed E-state index contributed by atoms with van der Waals surface area (Å²) in [6, 6.07) is 17.7. The Morgan fingerprint density at radius 1 is 1.03 bits per heavy atom. The standard InChI is InChI=1S/C23H23N3O4S2/c1-30-21-15-19(31-18-9-3-2-4-10-18)16-24-22(21)25-23(27)17-8-7-11-20(14-17)32(28,29)26-12-5-6-13-26/h2-4,7-11,14-16H,5-6,12-13H2,1H3,(H,24,25,27). The second-order valence-corrected chi connectivity index (χ2v) is 10.3. The van der Waals surface area contributed by atoms with Crippen LogP contribution in [-0.2, 0) is 10.0 Å². The fourth-order valence-corrected chi connectivity index (χ4v) is 5.81. The van der Waals surface area contributed by atoms with Gasteiger partial charge in [-0.15, -0.1) is 0 Å². The lowest BCUT2D eigenvalue weighted by Crippen LogP contribution is -2.28. The molecule has 4 rings (SSSR count). The maximum absolute atomic E-state index is 12.8. The normalized spacial score (nSPS) is 14.3. The van der Waals surface area contributed by atoms with Crippen molar-refractivity contribution >= 4 is 33.5 Å². The molecule has 1 fully saturated rings. The summed E-state index contributed by atoms with van der Waals surface area (Å²) in [7, 11) is -2.10. The number of hydrogen-bond donors (Lipinski definition) is 1. The molecule has 1 aliphatic rings. The monoisotopic (exact) mass is 469 g/mol. The molecule has 1 amide bonds. The van der Waals surface area contributed by atoms with E-state index in [0.29, 0.717) is 18.8 Å². The zero-order chi connectivity index (χ0) is 22.6. The Hall–Kier alpha value is -2.88. The lowest BCUT2D eigenvalue weighted by molar-refractivity contribution is 0.102. The average molecular weight is 470 g/mol. The lowest BCUT2D eigenvalue weighted by atomic mass is 10.2. The summed E-state index contributed by atoms with van der Waals surface area (Å²) in [6.07, 6.45) is 3.36. The molecule has 0 bridgehead atoms. The summed E-state index contributed by atoms with van der Waals surface area (Å²) in [5, 5.41) is 2.72. The Morgan fingerprint density at radius 2 is 1.78 bits per heavy atom. The first-order chi connectivity index (χ1) is 15.5. The number of ether oxygens (including phenoxy) is 1. The van der Waals surface area contributed by atoms with E-state index in [0.717, 1.165) is 22.6 Å². The van der Waals surface area contributed by atoms with Crippen molar-refractivity contribution in [3.8, 4) is 5.75 Å². The number of methoxy groups -OCH3 is 1. The Balaban J connectivity index is 1.52. The summed E-state index contributed by atoms with van der Waals surface area (Å²) in [5.41, 5.74) is 0.233. The SMILES string of the molecule is COc1cc(Sc2ccccc2)cnc1NC(=O)c1cccc(S(=O)(=O)N2CCCC2)c1. The van der Waals surface area contributed by atoms with Crippen molar-refractivity contribution in [3.05, 3.63) is 72.4 Å². The molecule has 3 aromatic rings. The van der Waals surface area contributed by atoms with Gasteiger partial charge in [-0.25, -0.2) is 13.4 Å². The number of amides is 1. The number of anilines is 1. The van der Waals surface area contributed by atoms with E-state index in [4.69, 9.17) is 4.74 Å². The minimum atomic E-state index is -3.61. The van der Waals surface area contributed by atoms with Crippen LogP contribution in [0.3, 0.4) is 0 Å². The van der Waals surface area contributed by atoms with E-state index in [-0.39, 0.29) is 16.3 Å². The predicted octanol–water partition coefficient (Wildman–Crippen LogP) is 4.28. The number of sulfonamides is 1. The maximum atomic E-state index is 12.8. The number of aromatic nitrogens is 1. The van der Waals surface area contributed by atoms with Gasteiger partial charge in [0.25, 0.3) is 5.91 Å². The zero-order valence-corrected chi connectivity index (χ0v) is 19.2. The van der Waals surface area contributed by atoms with Gasteiger partial charge in [-0.1, -0.05) is 36.0 Å². The highest BCUT2D eigenvalue weighted by atomic mass is 32.2. The van der Waals surface area contributed by atoms with Gasteiger partial charge in [0.2, 0.25) is 10.0 Å². The highest BCUT2D eigenvalue weighted by Crippen LogP contribution is 2.32. The zero-order valence-electron chi connectivity index (χ0n) is 17.5. The minimum absolute atomic E-state index is 0.113. The summed E-state index contributed by atoms with van der Waals surface area (Å²) >= 11 is 1.53. The van der Waals surface area contributed by atoms with E-state index in [1.165, 1.54) is 35.3 Å². The van der Waals surface area contributed by atoms with Gasteiger partial charge < -0.3 is 10.1 Å². The van der Waals surface area contributed by atoms with Crippen LogP contribution in [-0.4, -0.2) is 43.8 Å². The van der Waals surface area contributed by atoms with Gasteiger partial charge >= 0.3 is 0 Å². The van der Waals surface area contributed by atoms with Crippen molar-refractivity contribution in [2.45, 2.75) is 27.5 Å². The molecule has 7 nitrogen and oxygen atoms in total. The topological polar surface area (TPSA) is 88.6 Å². The number of benzene rings is 2. The van der Waals surface area contributed by atoms with Gasteiger partial charge in [0, 0.05) is 34.6 Å². The van der Waals surface area contributed by atoms with Crippen LogP contribution < -0.4 is 10.1 Å². The third kappa shape index (κ3) is 4.95. The van der Waals surface area contributed by atoms with E-state index in [2.05, 4.69) is 10.3 Å². The summed E-state index contributed by atoms with van der Waals surface area (Å²) < 4.78 is 32.5. The first-order valence-corrected chi connectivity index (χ1v) is 12.4. The molecule has 0 spiro atoms. The third-order valence-corrected chi connectivity index (χ3v) is 7.92. The number of nitrogens with one attached hydrogen (secondary N) is 1. The van der Waals surface area contributed by atoms with Crippen molar-refractivity contribution < 1.29 is 17.9 Å². The fraction of sp³-hybridized carbons (Fsp3) is 0.217. The van der Waals surface area contributed by atoms with E-state index in [9.17, 15) is 13.2 Å². The predicted molar refractivity (Wildman–Crippen MR) is 124 cm³/mol. The number of pyridine rings is 1. The molecule has 166 valence electrons. The Kier molecular flexibility index (Phi) is 6.78. The number of hydrogen-bond acceptors (Lipinski definition) is 6.